The number of aryl methyl sites for hydroxylation is 1. The third kappa shape index (κ3) is 3.43. The second-order valence-electron chi connectivity index (χ2n) is 6.48. The normalized spacial score (nSPS) is 15.6. The van der Waals surface area contributed by atoms with Gasteiger partial charge >= 0.3 is 0 Å². The minimum Gasteiger partial charge on any atom is -0.493 e. The van der Waals surface area contributed by atoms with Crippen molar-refractivity contribution < 1.29 is 9.53 Å². The number of hydrogen-bond donors (Lipinski definition) is 0. The quantitative estimate of drug-likeness (QED) is 0.396. The van der Waals surface area contributed by atoms with E-state index < -0.39 is 0 Å². The Kier molecular flexibility index (Phi) is 5.20. The van der Waals surface area contributed by atoms with E-state index in [9.17, 15) is 4.79 Å². The SMILES string of the molecule is CCOc1ccc2ccccc2c1/C=C1\SC(=S)N(c2ccc(C)cc2)C1=O. The lowest BCUT2D eigenvalue weighted by Gasteiger charge is -2.14. The van der Waals surface area contributed by atoms with E-state index in [-0.39, 0.29) is 5.91 Å². The van der Waals surface area contributed by atoms with Crippen molar-refractivity contribution in [3.63, 3.8) is 0 Å². The predicted molar refractivity (Wildman–Crippen MR) is 122 cm³/mol. The van der Waals surface area contributed by atoms with Crippen molar-refractivity contribution in [2.75, 3.05) is 11.5 Å². The van der Waals surface area contributed by atoms with Crippen LogP contribution in [0.15, 0.2) is 65.6 Å². The van der Waals surface area contributed by atoms with E-state index in [1.165, 1.54) is 11.8 Å². The van der Waals surface area contributed by atoms with Gasteiger partial charge in [-0.3, -0.25) is 9.69 Å². The van der Waals surface area contributed by atoms with Gasteiger partial charge in [-0.05, 0) is 48.9 Å². The molecule has 0 aliphatic carbocycles. The lowest BCUT2D eigenvalue weighted by molar-refractivity contribution is -0.113. The molecular formula is C23H19NO2S2. The summed E-state index contributed by atoms with van der Waals surface area (Å²) in [6.45, 7) is 4.53. The van der Waals surface area contributed by atoms with Gasteiger partial charge in [0.1, 0.15) is 5.75 Å². The van der Waals surface area contributed by atoms with Gasteiger partial charge in [0.2, 0.25) is 0 Å². The molecule has 1 fully saturated rings. The summed E-state index contributed by atoms with van der Waals surface area (Å²) in [5.41, 5.74) is 2.84. The molecule has 0 saturated carbocycles. The Labute approximate surface area is 174 Å². The van der Waals surface area contributed by atoms with Gasteiger partial charge in [-0.25, -0.2) is 0 Å². The van der Waals surface area contributed by atoms with Gasteiger partial charge in [0, 0.05) is 5.56 Å². The Morgan fingerprint density at radius 1 is 1.07 bits per heavy atom. The first-order valence-electron chi connectivity index (χ1n) is 9.07. The van der Waals surface area contributed by atoms with E-state index >= 15 is 0 Å². The summed E-state index contributed by atoms with van der Waals surface area (Å²) in [5.74, 6) is 0.663. The Morgan fingerprint density at radius 2 is 1.82 bits per heavy atom. The van der Waals surface area contributed by atoms with E-state index in [1.807, 2.05) is 74.5 Å². The summed E-state index contributed by atoms with van der Waals surface area (Å²) in [4.78, 5) is 15.3. The number of carbonyl (C=O) groups is 1. The second kappa shape index (κ2) is 7.78. The molecule has 0 atom stereocenters. The van der Waals surface area contributed by atoms with Gasteiger partial charge in [0.05, 0.1) is 17.2 Å². The van der Waals surface area contributed by atoms with Crippen LogP contribution in [0.25, 0.3) is 16.8 Å². The number of carbonyl (C=O) groups excluding carboxylic acids is 1. The fraction of sp³-hybridized carbons (Fsp3) is 0.130. The molecule has 1 saturated heterocycles. The third-order valence-corrected chi connectivity index (χ3v) is 5.89. The van der Waals surface area contributed by atoms with E-state index in [2.05, 4.69) is 6.07 Å². The Hall–Kier alpha value is -2.63. The third-order valence-electron chi connectivity index (χ3n) is 4.59. The predicted octanol–water partition coefficient (Wildman–Crippen LogP) is 5.95. The highest BCUT2D eigenvalue weighted by atomic mass is 32.2. The van der Waals surface area contributed by atoms with Crippen molar-refractivity contribution in [2.45, 2.75) is 13.8 Å². The summed E-state index contributed by atoms with van der Waals surface area (Å²) in [5, 5.41) is 2.15. The van der Waals surface area contributed by atoms with Crippen molar-refractivity contribution in [2.24, 2.45) is 0 Å². The van der Waals surface area contributed by atoms with Crippen LogP contribution in [0.4, 0.5) is 5.69 Å². The lowest BCUT2D eigenvalue weighted by Crippen LogP contribution is -2.27. The van der Waals surface area contributed by atoms with Crippen molar-refractivity contribution in [3.8, 4) is 5.75 Å². The van der Waals surface area contributed by atoms with E-state index in [1.54, 1.807) is 4.90 Å². The van der Waals surface area contributed by atoms with Crippen LogP contribution >= 0.6 is 24.0 Å². The monoisotopic (exact) mass is 405 g/mol. The van der Waals surface area contributed by atoms with E-state index in [0.717, 1.165) is 33.3 Å². The number of hydrogen-bond acceptors (Lipinski definition) is 4. The first-order valence-corrected chi connectivity index (χ1v) is 10.3. The molecule has 1 amide bonds. The Balaban J connectivity index is 1.79. The molecule has 0 aromatic heterocycles. The van der Waals surface area contributed by atoms with Gasteiger partial charge < -0.3 is 4.74 Å². The topological polar surface area (TPSA) is 29.5 Å². The van der Waals surface area contributed by atoms with Gasteiger partial charge in [-0.2, -0.15) is 0 Å². The average molecular weight is 406 g/mol. The molecule has 5 heteroatoms. The maximum atomic E-state index is 13.1. The largest absolute Gasteiger partial charge is 0.493 e. The van der Waals surface area contributed by atoms with E-state index in [4.69, 9.17) is 17.0 Å². The smallest absolute Gasteiger partial charge is 0.270 e. The first-order chi connectivity index (χ1) is 13.6. The molecule has 4 rings (SSSR count). The van der Waals surface area contributed by atoms with Crippen molar-refractivity contribution in [3.05, 3.63) is 76.7 Å². The van der Waals surface area contributed by atoms with Crippen molar-refractivity contribution in [1.82, 2.24) is 0 Å². The highest BCUT2D eigenvalue weighted by Gasteiger charge is 2.33. The average Bonchev–Trinajstić information content (AvgIpc) is 2.98. The Morgan fingerprint density at radius 3 is 2.57 bits per heavy atom. The van der Waals surface area contributed by atoms with Crippen LogP contribution in [0.3, 0.4) is 0 Å². The van der Waals surface area contributed by atoms with Gasteiger partial charge in [-0.15, -0.1) is 0 Å². The number of ether oxygens (including phenoxy) is 1. The minimum atomic E-state index is -0.103. The molecule has 3 aromatic rings. The zero-order valence-corrected chi connectivity index (χ0v) is 17.3. The molecule has 28 heavy (non-hydrogen) atoms. The lowest BCUT2D eigenvalue weighted by atomic mass is 10.0. The number of nitrogens with zero attached hydrogens (tertiary/aromatic N) is 1. The van der Waals surface area contributed by atoms with Crippen LogP contribution < -0.4 is 9.64 Å². The fourth-order valence-electron chi connectivity index (χ4n) is 3.22. The summed E-state index contributed by atoms with van der Waals surface area (Å²) >= 11 is 6.83. The highest BCUT2D eigenvalue weighted by Crippen LogP contribution is 2.39. The molecule has 3 aromatic carbocycles. The zero-order chi connectivity index (χ0) is 19.7. The van der Waals surface area contributed by atoms with Crippen LogP contribution in [-0.4, -0.2) is 16.8 Å². The summed E-state index contributed by atoms with van der Waals surface area (Å²) in [6.07, 6.45) is 1.90. The van der Waals surface area contributed by atoms with Crippen LogP contribution in [0, 0.1) is 6.92 Å². The molecule has 1 heterocycles. The zero-order valence-electron chi connectivity index (χ0n) is 15.6. The molecule has 0 bridgehead atoms. The summed E-state index contributed by atoms with van der Waals surface area (Å²) in [7, 11) is 0. The molecule has 140 valence electrons. The number of fused-ring (bicyclic) bond motifs is 1. The summed E-state index contributed by atoms with van der Waals surface area (Å²) in [6, 6.07) is 19.9. The molecule has 0 radical (unpaired) electrons. The van der Waals surface area contributed by atoms with Crippen molar-refractivity contribution >= 4 is 56.7 Å². The van der Waals surface area contributed by atoms with Gasteiger partial charge in [-0.1, -0.05) is 72.0 Å². The number of thiocarbonyl (C=S) groups is 1. The number of rotatable bonds is 4. The molecular weight excluding hydrogens is 386 g/mol. The standard InChI is InChI=1S/C23H19NO2S2/c1-3-26-20-13-10-16-6-4-5-7-18(16)19(20)14-21-22(25)24(23(27)28-21)17-11-8-15(2)9-12-17/h4-14H,3H2,1-2H3/b21-14-. The minimum absolute atomic E-state index is 0.103. The van der Waals surface area contributed by atoms with Crippen LogP contribution in [0.5, 0.6) is 5.75 Å². The van der Waals surface area contributed by atoms with Crippen molar-refractivity contribution in [1.29, 1.82) is 0 Å². The first kappa shape index (κ1) is 18.7. The number of amides is 1. The molecule has 1 aliphatic heterocycles. The molecule has 1 aliphatic rings. The van der Waals surface area contributed by atoms with Gasteiger partial charge in [0.15, 0.2) is 4.32 Å². The Bertz CT molecular complexity index is 1100. The molecule has 3 nitrogen and oxygen atoms in total. The second-order valence-corrected chi connectivity index (χ2v) is 8.16. The maximum Gasteiger partial charge on any atom is 0.270 e. The molecule has 0 spiro atoms. The van der Waals surface area contributed by atoms with Gasteiger partial charge in [0.25, 0.3) is 5.91 Å². The molecule has 0 N–H and O–H groups in total. The van der Waals surface area contributed by atoms with Crippen LogP contribution in [0.2, 0.25) is 0 Å². The van der Waals surface area contributed by atoms with E-state index in [0.29, 0.717) is 15.8 Å². The van der Waals surface area contributed by atoms with Crippen LogP contribution in [-0.2, 0) is 4.79 Å². The highest BCUT2D eigenvalue weighted by molar-refractivity contribution is 8.27. The number of anilines is 1. The molecule has 0 unspecified atom stereocenters. The maximum absolute atomic E-state index is 13.1. The summed E-state index contributed by atoms with van der Waals surface area (Å²) < 4.78 is 6.37. The number of benzene rings is 3. The van der Waals surface area contributed by atoms with Crippen LogP contribution in [0.1, 0.15) is 18.1 Å². The number of thioether (sulfide) groups is 1. The fourth-order valence-corrected chi connectivity index (χ4v) is 4.50.